The molecule has 1 aliphatic heterocycles. The molecule has 0 radical (unpaired) electrons. The summed E-state index contributed by atoms with van der Waals surface area (Å²) in [6.45, 7) is 9.87. The highest BCUT2D eigenvalue weighted by molar-refractivity contribution is 7.12. The van der Waals surface area contributed by atoms with E-state index in [1.54, 1.807) is 4.90 Å². The summed E-state index contributed by atoms with van der Waals surface area (Å²) in [5, 5.41) is 6.06. The van der Waals surface area contributed by atoms with Crippen LogP contribution in [-0.2, 0) is 27.2 Å². The smallest absolute Gasteiger partial charge is 0.248 e. The number of thiophene rings is 1. The Balaban J connectivity index is 1.73. The molecule has 1 aliphatic carbocycles. The van der Waals surface area contributed by atoms with Crippen molar-refractivity contribution in [1.82, 2.24) is 15.5 Å². The third kappa shape index (κ3) is 4.90. The summed E-state index contributed by atoms with van der Waals surface area (Å²) >= 11 is 1.51. The number of aryl methyl sites for hydroxylation is 1. The average Bonchev–Trinajstić information content (AvgIpc) is 3.38. The number of nitrogens with zero attached hydrogens (tertiary/aromatic N) is 1. The number of benzene rings is 1. The van der Waals surface area contributed by atoms with Crippen LogP contribution < -0.4 is 10.6 Å². The zero-order valence-electron chi connectivity index (χ0n) is 20.6. The van der Waals surface area contributed by atoms with Gasteiger partial charge in [-0.2, -0.15) is 0 Å². The number of rotatable bonds is 7. The molecule has 2 N–H and O–H groups in total. The summed E-state index contributed by atoms with van der Waals surface area (Å²) in [6, 6.07) is 9.87. The van der Waals surface area contributed by atoms with Gasteiger partial charge in [-0.05, 0) is 75.1 Å². The molecule has 182 valence electrons. The Morgan fingerprint density at radius 1 is 1.09 bits per heavy atom. The molecule has 4 rings (SSSR count). The number of nitrogens with one attached hydrogen (secondary N) is 2. The molecule has 1 aromatic carbocycles. The maximum Gasteiger partial charge on any atom is 0.248 e. The predicted molar refractivity (Wildman–Crippen MR) is 134 cm³/mol. The molecule has 1 saturated heterocycles. The zero-order valence-corrected chi connectivity index (χ0v) is 21.4. The molecule has 1 aromatic heterocycles. The van der Waals surface area contributed by atoms with E-state index in [1.165, 1.54) is 22.5 Å². The number of carbonyl (C=O) groups excluding carboxylic acids is 3. The molecule has 7 heteroatoms. The van der Waals surface area contributed by atoms with E-state index in [0.717, 1.165) is 22.6 Å². The topological polar surface area (TPSA) is 78.5 Å². The lowest BCUT2D eigenvalue weighted by atomic mass is 9.88. The molecule has 0 bridgehead atoms. The molecule has 2 unspecified atom stereocenters. The highest BCUT2D eigenvalue weighted by Gasteiger charge is 2.49. The molecule has 6 nitrogen and oxygen atoms in total. The normalized spacial score (nSPS) is 21.7. The molecule has 0 spiro atoms. The van der Waals surface area contributed by atoms with E-state index in [2.05, 4.69) is 22.8 Å². The summed E-state index contributed by atoms with van der Waals surface area (Å²) in [5.74, 6) is -0.377. The summed E-state index contributed by atoms with van der Waals surface area (Å²) in [7, 11) is 0. The fraction of sp³-hybridized carbons (Fsp3) is 0.519. The van der Waals surface area contributed by atoms with Crippen LogP contribution in [0.3, 0.4) is 0 Å². The number of piperazine rings is 1. The van der Waals surface area contributed by atoms with Crippen LogP contribution in [0, 0.1) is 18.8 Å². The van der Waals surface area contributed by atoms with Crippen molar-refractivity contribution in [2.75, 3.05) is 0 Å². The van der Waals surface area contributed by atoms with Crippen LogP contribution in [-0.4, -0.2) is 40.7 Å². The Bertz CT molecular complexity index is 1050. The van der Waals surface area contributed by atoms with Crippen LogP contribution in [0.25, 0.3) is 0 Å². The van der Waals surface area contributed by atoms with E-state index in [9.17, 15) is 14.4 Å². The quantitative estimate of drug-likeness (QED) is 0.632. The van der Waals surface area contributed by atoms with Crippen molar-refractivity contribution in [1.29, 1.82) is 0 Å². The van der Waals surface area contributed by atoms with Crippen molar-refractivity contribution < 1.29 is 14.4 Å². The number of carbonyl (C=O) groups is 3. The third-order valence-electron chi connectivity index (χ3n) is 6.69. The maximum absolute atomic E-state index is 14.1. The Morgan fingerprint density at radius 2 is 1.74 bits per heavy atom. The van der Waals surface area contributed by atoms with Gasteiger partial charge in [-0.3, -0.25) is 14.4 Å². The van der Waals surface area contributed by atoms with Crippen molar-refractivity contribution in [3.05, 3.63) is 57.3 Å². The summed E-state index contributed by atoms with van der Waals surface area (Å²) < 4.78 is 0. The highest BCUT2D eigenvalue weighted by Crippen LogP contribution is 2.37. The fourth-order valence-corrected chi connectivity index (χ4v) is 6.21. The molecular formula is C27H35N3O3S. The molecule has 3 amide bonds. The Morgan fingerprint density at radius 3 is 2.26 bits per heavy atom. The van der Waals surface area contributed by atoms with E-state index < -0.39 is 18.1 Å². The van der Waals surface area contributed by atoms with Crippen molar-refractivity contribution in [3.63, 3.8) is 0 Å². The van der Waals surface area contributed by atoms with Gasteiger partial charge in [-0.15, -0.1) is 11.3 Å². The van der Waals surface area contributed by atoms with Gasteiger partial charge in [0.05, 0.1) is 0 Å². The van der Waals surface area contributed by atoms with E-state index in [1.807, 2.05) is 58.9 Å². The Kier molecular flexibility index (Phi) is 7.12. The van der Waals surface area contributed by atoms with Crippen LogP contribution in [0.1, 0.15) is 61.0 Å². The zero-order chi connectivity index (χ0) is 24.6. The van der Waals surface area contributed by atoms with Crippen molar-refractivity contribution in [2.45, 2.75) is 78.0 Å². The summed E-state index contributed by atoms with van der Waals surface area (Å²) in [4.78, 5) is 44.6. The van der Waals surface area contributed by atoms with Gasteiger partial charge < -0.3 is 15.5 Å². The first-order valence-corrected chi connectivity index (χ1v) is 13.0. The van der Waals surface area contributed by atoms with Gasteiger partial charge in [0, 0.05) is 15.8 Å². The Labute approximate surface area is 206 Å². The minimum atomic E-state index is -0.824. The second-order valence-electron chi connectivity index (χ2n) is 10.3. The maximum atomic E-state index is 14.1. The standard InChI is InChI=1S/C27H35N3O3S/c1-15(2)12-21-25(31)29-23(20-13-18-8-6-7-9-19(18)14-20)27(33)30(21)24(26(32)28-16(3)4)22-11-10-17(5)34-22/h6-11,15-16,20-21,23-24H,12-14H2,1-5H3,(H,28,32)(H,29,31)/t21?,23?,24-/m1/s1. The number of fused-ring (bicyclic) bond motifs is 1. The molecule has 2 heterocycles. The van der Waals surface area contributed by atoms with Gasteiger partial charge in [0.1, 0.15) is 18.1 Å². The van der Waals surface area contributed by atoms with E-state index in [-0.39, 0.29) is 35.6 Å². The van der Waals surface area contributed by atoms with E-state index in [4.69, 9.17) is 0 Å². The molecular weight excluding hydrogens is 446 g/mol. The second kappa shape index (κ2) is 9.90. The lowest BCUT2D eigenvalue weighted by molar-refractivity contribution is -0.157. The molecule has 2 aromatic rings. The second-order valence-corrected chi connectivity index (χ2v) is 11.6. The highest BCUT2D eigenvalue weighted by atomic mass is 32.1. The van der Waals surface area contributed by atoms with Crippen LogP contribution in [0.2, 0.25) is 0 Å². The largest absolute Gasteiger partial charge is 0.352 e. The van der Waals surface area contributed by atoms with E-state index >= 15 is 0 Å². The SMILES string of the molecule is Cc1ccc([C@H](C(=O)NC(C)C)N2C(=O)C(C3Cc4ccccc4C3)NC(=O)C2CC(C)C)s1. The molecule has 34 heavy (non-hydrogen) atoms. The summed E-state index contributed by atoms with van der Waals surface area (Å²) in [5.41, 5.74) is 2.46. The lowest BCUT2D eigenvalue weighted by Crippen LogP contribution is -2.67. The van der Waals surface area contributed by atoms with Gasteiger partial charge in [0.15, 0.2) is 0 Å². The van der Waals surface area contributed by atoms with Crippen molar-refractivity contribution in [3.8, 4) is 0 Å². The first-order valence-electron chi connectivity index (χ1n) is 12.2. The Hall–Kier alpha value is -2.67. The number of amides is 3. The lowest BCUT2D eigenvalue weighted by Gasteiger charge is -2.44. The number of hydrogen-bond acceptors (Lipinski definition) is 4. The van der Waals surface area contributed by atoms with Gasteiger partial charge in [0.25, 0.3) is 0 Å². The van der Waals surface area contributed by atoms with Crippen LogP contribution in [0.15, 0.2) is 36.4 Å². The number of hydrogen-bond donors (Lipinski definition) is 2. The first kappa shape index (κ1) is 24.5. The predicted octanol–water partition coefficient (Wildman–Crippen LogP) is 3.78. The average molecular weight is 482 g/mol. The van der Waals surface area contributed by atoms with Gasteiger partial charge >= 0.3 is 0 Å². The van der Waals surface area contributed by atoms with Gasteiger partial charge in [-0.1, -0.05) is 38.1 Å². The first-order chi connectivity index (χ1) is 16.2. The molecule has 0 saturated carbocycles. The third-order valence-corrected chi connectivity index (χ3v) is 7.75. The van der Waals surface area contributed by atoms with Gasteiger partial charge in [0.2, 0.25) is 17.7 Å². The van der Waals surface area contributed by atoms with Crippen LogP contribution >= 0.6 is 11.3 Å². The monoisotopic (exact) mass is 481 g/mol. The minimum Gasteiger partial charge on any atom is -0.352 e. The molecule has 3 atom stereocenters. The van der Waals surface area contributed by atoms with Crippen molar-refractivity contribution >= 4 is 29.1 Å². The van der Waals surface area contributed by atoms with Crippen molar-refractivity contribution in [2.24, 2.45) is 11.8 Å². The minimum absolute atomic E-state index is 0.0183. The fourth-order valence-electron chi connectivity index (χ4n) is 5.23. The van der Waals surface area contributed by atoms with Crippen LogP contribution in [0.4, 0.5) is 0 Å². The van der Waals surface area contributed by atoms with Gasteiger partial charge in [-0.25, -0.2) is 0 Å². The molecule has 1 fully saturated rings. The van der Waals surface area contributed by atoms with E-state index in [0.29, 0.717) is 6.42 Å². The summed E-state index contributed by atoms with van der Waals surface area (Å²) in [6.07, 6.45) is 2.00. The molecule has 2 aliphatic rings. The van der Waals surface area contributed by atoms with Crippen LogP contribution in [0.5, 0.6) is 0 Å².